The largest absolute Gasteiger partial charge is 0.330 e. The summed E-state index contributed by atoms with van der Waals surface area (Å²) >= 11 is 0. The summed E-state index contributed by atoms with van der Waals surface area (Å²) in [7, 11) is 1.73. The summed E-state index contributed by atoms with van der Waals surface area (Å²) < 4.78 is 0. The van der Waals surface area contributed by atoms with E-state index in [9.17, 15) is 4.79 Å². The van der Waals surface area contributed by atoms with Crippen LogP contribution in [-0.2, 0) is 6.54 Å². The average Bonchev–Trinajstić information content (AvgIpc) is 3.31. The second kappa shape index (κ2) is 8.90. The fraction of sp³-hybridized carbons (Fsp3) is 0.148. The second-order valence-corrected chi connectivity index (χ2v) is 9.01. The highest BCUT2D eigenvalue weighted by Gasteiger charge is 2.31. The van der Waals surface area contributed by atoms with Crippen molar-refractivity contribution in [3.05, 3.63) is 83.8 Å². The van der Waals surface area contributed by atoms with E-state index in [1.807, 2.05) is 68.4 Å². The number of imidazole rings is 1. The molecule has 6 rings (SSSR count). The molecule has 1 aliphatic heterocycles. The summed E-state index contributed by atoms with van der Waals surface area (Å²) in [5.74, 6) is 1.62. The Balaban J connectivity index is 1.26. The number of benzene rings is 2. The van der Waals surface area contributed by atoms with E-state index in [0.29, 0.717) is 24.3 Å². The Morgan fingerprint density at radius 1 is 0.919 bits per heavy atom. The van der Waals surface area contributed by atoms with Crippen molar-refractivity contribution in [3.63, 3.8) is 0 Å². The maximum absolute atomic E-state index is 13.5. The molecule has 0 radical (unpaired) electrons. The molecule has 0 saturated carbocycles. The molecule has 3 N–H and O–H groups in total. The van der Waals surface area contributed by atoms with Gasteiger partial charge in [0.25, 0.3) is 0 Å². The van der Waals surface area contributed by atoms with E-state index in [1.54, 1.807) is 29.2 Å². The van der Waals surface area contributed by atoms with Gasteiger partial charge in [0.2, 0.25) is 11.9 Å². The van der Waals surface area contributed by atoms with Crippen molar-refractivity contribution in [2.75, 3.05) is 27.5 Å². The summed E-state index contributed by atoms with van der Waals surface area (Å²) in [6, 6.07) is 17.4. The van der Waals surface area contributed by atoms with Gasteiger partial charge in [-0.1, -0.05) is 18.2 Å². The third-order valence-electron chi connectivity index (χ3n) is 6.33. The van der Waals surface area contributed by atoms with Crippen LogP contribution in [0, 0.1) is 13.8 Å². The SMILES string of the molecule is Cc1ccc(Nc2ncc3c(n2)N(C)C(=O)N(c2cc(Nc4nc5ccccc5[nH]4)ccc2C)C3)cn1. The number of nitrogens with one attached hydrogen (secondary N) is 3. The number of H-pyrrole nitrogens is 1. The molecule has 184 valence electrons. The molecule has 5 aromatic rings. The molecule has 10 nitrogen and oxygen atoms in total. The third-order valence-corrected chi connectivity index (χ3v) is 6.33. The summed E-state index contributed by atoms with van der Waals surface area (Å²) in [4.78, 5) is 38.0. The summed E-state index contributed by atoms with van der Waals surface area (Å²) in [5.41, 5.74) is 7.00. The fourth-order valence-electron chi connectivity index (χ4n) is 4.36. The van der Waals surface area contributed by atoms with E-state index in [0.717, 1.165) is 44.9 Å². The van der Waals surface area contributed by atoms with Crippen molar-refractivity contribution in [1.29, 1.82) is 0 Å². The first kappa shape index (κ1) is 22.5. The van der Waals surface area contributed by atoms with E-state index >= 15 is 0 Å². The fourth-order valence-corrected chi connectivity index (χ4v) is 4.36. The monoisotopic (exact) mass is 491 g/mol. The Morgan fingerprint density at radius 3 is 2.57 bits per heavy atom. The smallest absolute Gasteiger partial charge is 0.326 e. The van der Waals surface area contributed by atoms with Crippen molar-refractivity contribution in [2.45, 2.75) is 20.4 Å². The van der Waals surface area contributed by atoms with Gasteiger partial charge in [-0.05, 0) is 55.8 Å². The maximum atomic E-state index is 13.5. The minimum absolute atomic E-state index is 0.168. The van der Waals surface area contributed by atoms with Gasteiger partial charge in [0.05, 0.1) is 35.1 Å². The Kier molecular flexibility index (Phi) is 5.41. The first-order valence-corrected chi connectivity index (χ1v) is 11.9. The molecule has 2 amide bonds. The van der Waals surface area contributed by atoms with E-state index in [-0.39, 0.29) is 6.03 Å². The number of carbonyl (C=O) groups excluding carboxylic acids is 1. The van der Waals surface area contributed by atoms with Crippen LogP contribution in [0.1, 0.15) is 16.8 Å². The molecule has 0 unspecified atom stereocenters. The third kappa shape index (κ3) is 4.29. The van der Waals surface area contributed by atoms with Gasteiger partial charge < -0.3 is 15.6 Å². The predicted molar refractivity (Wildman–Crippen MR) is 145 cm³/mol. The Labute approximate surface area is 213 Å². The first-order valence-electron chi connectivity index (χ1n) is 11.9. The van der Waals surface area contributed by atoms with Crippen molar-refractivity contribution >= 4 is 51.8 Å². The number of nitrogens with zero attached hydrogens (tertiary/aromatic N) is 6. The highest BCUT2D eigenvalue weighted by atomic mass is 16.2. The molecule has 0 saturated heterocycles. The summed E-state index contributed by atoms with van der Waals surface area (Å²) in [6.07, 6.45) is 3.48. The van der Waals surface area contributed by atoms with Crippen molar-refractivity contribution in [1.82, 2.24) is 24.9 Å². The lowest BCUT2D eigenvalue weighted by Gasteiger charge is -2.35. The molecule has 0 aliphatic carbocycles. The molecule has 0 atom stereocenters. The number of rotatable bonds is 5. The number of hydrogen-bond donors (Lipinski definition) is 3. The van der Waals surface area contributed by atoms with Gasteiger partial charge in [-0.25, -0.2) is 14.8 Å². The number of hydrogen-bond acceptors (Lipinski definition) is 7. The van der Waals surface area contributed by atoms with Gasteiger partial charge in [0.1, 0.15) is 5.82 Å². The number of urea groups is 1. The second-order valence-electron chi connectivity index (χ2n) is 9.01. The molecule has 1 aliphatic rings. The number of aryl methyl sites for hydroxylation is 2. The van der Waals surface area contributed by atoms with Gasteiger partial charge in [-0.15, -0.1) is 0 Å². The number of aromatic nitrogens is 5. The van der Waals surface area contributed by atoms with E-state index in [1.165, 1.54) is 0 Å². The van der Waals surface area contributed by atoms with E-state index < -0.39 is 0 Å². The van der Waals surface area contributed by atoms with Gasteiger partial charge in [0.15, 0.2) is 0 Å². The van der Waals surface area contributed by atoms with Crippen molar-refractivity contribution in [2.24, 2.45) is 0 Å². The summed E-state index contributed by atoms with van der Waals surface area (Å²) in [6.45, 7) is 4.28. The zero-order chi connectivity index (χ0) is 25.5. The predicted octanol–water partition coefficient (Wildman–Crippen LogP) is 5.43. The maximum Gasteiger partial charge on any atom is 0.330 e. The normalized spacial score (nSPS) is 13.1. The van der Waals surface area contributed by atoms with Crippen LogP contribution in [0.4, 0.5) is 39.6 Å². The molecule has 3 aromatic heterocycles. The van der Waals surface area contributed by atoms with E-state index in [2.05, 4.69) is 35.6 Å². The number of para-hydroxylation sites is 2. The number of anilines is 6. The quantitative estimate of drug-likeness (QED) is 0.300. The van der Waals surface area contributed by atoms with Crippen molar-refractivity contribution < 1.29 is 4.79 Å². The molecule has 0 fully saturated rings. The number of carbonyl (C=O) groups is 1. The molecule has 37 heavy (non-hydrogen) atoms. The lowest BCUT2D eigenvalue weighted by Crippen LogP contribution is -2.46. The highest BCUT2D eigenvalue weighted by molar-refractivity contribution is 6.05. The molecule has 10 heteroatoms. The van der Waals surface area contributed by atoms with Crippen LogP contribution >= 0.6 is 0 Å². The minimum atomic E-state index is -0.168. The minimum Gasteiger partial charge on any atom is -0.326 e. The average molecular weight is 492 g/mol. The number of pyridine rings is 1. The topological polar surface area (TPSA) is 115 Å². The number of amides is 2. The highest BCUT2D eigenvalue weighted by Crippen LogP contribution is 2.34. The Morgan fingerprint density at radius 2 is 1.76 bits per heavy atom. The number of fused-ring (bicyclic) bond motifs is 2. The van der Waals surface area contributed by atoms with Crippen molar-refractivity contribution in [3.8, 4) is 0 Å². The zero-order valence-electron chi connectivity index (χ0n) is 20.6. The van der Waals surface area contributed by atoms with Gasteiger partial charge in [-0.3, -0.25) is 14.8 Å². The Bertz CT molecular complexity index is 1590. The molecular formula is C27H25N9O. The lowest BCUT2D eigenvalue weighted by molar-refractivity contribution is 0.251. The molecular weight excluding hydrogens is 466 g/mol. The lowest BCUT2D eigenvalue weighted by atomic mass is 10.1. The van der Waals surface area contributed by atoms with Gasteiger partial charge in [-0.2, -0.15) is 4.98 Å². The van der Waals surface area contributed by atoms with Crippen LogP contribution in [0.25, 0.3) is 11.0 Å². The Hall–Kier alpha value is -4.99. The van der Waals surface area contributed by atoms with Crippen LogP contribution in [0.3, 0.4) is 0 Å². The van der Waals surface area contributed by atoms with Crippen LogP contribution < -0.4 is 20.4 Å². The first-order chi connectivity index (χ1) is 17.9. The van der Waals surface area contributed by atoms with Crippen LogP contribution in [0.2, 0.25) is 0 Å². The van der Waals surface area contributed by atoms with E-state index in [4.69, 9.17) is 0 Å². The number of aromatic amines is 1. The van der Waals surface area contributed by atoms with Gasteiger partial charge >= 0.3 is 6.03 Å². The molecule has 4 heterocycles. The van der Waals surface area contributed by atoms with Gasteiger partial charge in [0, 0.05) is 30.2 Å². The molecule has 0 spiro atoms. The zero-order valence-corrected chi connectivity index (χ0v) is 20.6. The molecule has 2 aromatic carbocycles. The molecule has 0 bridgehead atoms. The summed E-state index contributed by atoms with van der Waals surface area (Å²) in [5, 5.41) is 6.48. The van der Waals surface area contributed by atoms with Crippen LogP contribution in [0.5, 0.6) is 0 Å². The van der Waals surface area contributed by atoms with Crippen LogP contribution in [0.15, 0.2) is 67.0 Å². The van der Waals surface area contributed by atoms with Crippen LogP contribution in [-0.4, -0.2) is 38.0 Å². The standard InChI is InChI=1S/C27H25N9O/c1-16-8-10-19(30-26-32-21-6-4-5-7-22(21)33-26)12-23(16)36-15-18-13-29-25(34-24(18)35(3)27(36)37)31-20-11-9-17(2)28-14-20/h4-14H,15H2,1-3H3,(H,29,31,34)(H2,30,32,33).